The van der Waals surface area contributed by atoms with Gasteiger partial charge in [0.25, 0.3) is 0 Å². The third-order valence-corrected chi connectivity index (χ3v) is 2.96. The molecule has 2 N–H and O–H groups in total. The Morgan fingerprint density at radius 2 is 1.92 bits per heavy atom. The van der Waals surface area contributed by atoms with Crippen LogP contribution in [-0.2, 0) is 4.79 Å². The third-order valence-electron chi connectivity index (χ3n) is 2.96. The standard InChI is InChI=1S/C10H20N2O/c1-4-9(11)10(13)12-7(2)5-6-8(12)3/h7-9H,4-6,11H2,1-3H3/t7?,8?,9-/m0/s1. The molecule has 2 unspecified atom stereocenters. The van der Waals surface area contributed by atoms with Crippen LogP contribution in [0.15, 0.2) is 0 Å². The zero-order chi connectivity index (χ0) is 10.0. The minimum Gasteiger partial charge on any atom is -0.336 e. The highest BCUT2D eigenvalue weighted by Crippen LogP contribution is 2.24. The topological polar surface area (TPSA) is 46.3 Å². The molecule has 0 aliphatic carbocycles. The lowest BCUT2D eigenvalue weighted by Gasteiger charge is -2.28. The van der Waals surface area contributed by atoms with Gasteiger partial charge in [-0.2, -0.15) is 0 Å². The Kier molecular flexibility index (Phi) is 3.31. The number of carbonyl (C=O) groups excluding carboxylic acids is 1. The van der Waals surface area contributed by atoms with E-state index in [1.165, 1.54) is 0 Å². The molecule has 1 heterocycles. The molecule has 0 saturated carbocycles. The fourth-order valence-corrected chi connectivity index (χ4v) is 2.00. The van der Waals surface area contributed by atoms with Crippen molar-refractivity contribution in [2.75, 3.05) is 0 Å². The first-order valence-corrected chi connectivity index (χ1v) is 5.15. The number of amides is 1. The maximum absolute atomic E-state index is 11.8. The summed E-state index contributed by atoms with van der Waals surface area (Å²) in [5, 5.41) is 0. The van der Waals surface area contributed by atoms with Crippen LogP contribution in [0.4, 0.5) is 0 Å². The van der Waals surface area contributed by atoms with Crippen molar-refractivity contribution in [1.82, 2.24) is 4.90 Å². The summed E-state index contributed by atoms with van der Waals surface area (Å²) in [6, 6.07) is 0.447. The van der Waals surface area contributed by atoms with Gasteiger partial charge in [0.15, 0.2) is 0 Å². The van der Waals surface area contributed by atoms with Crippen LogP contribution in [0.3, 0.4) is 0 Å². The lowest BCUT2D eigenvalue weighted by molar-refractivity contribution is -0.134. The van der Waals surface area contributed by atoms with Gasteiger partial charge < -0.3 is 10.6 Å². The van der Waals surface area contributed by atoms with Crippen LogP contribution in [0.5, 0.6) is 0 Å². The number of rotatable bonds is 2. The van der Waals surface area contributed by atoms with E-state index < -0.39 is 0 Å². The lowest BCUT2D eigenvalue weighted by atomic mass is 10.2. The summed E-state index contributed by atoms with van der Waals surface area (Å²) in [6.07, 6.45) is 2.96. The van der Waals surface area contributed by atoms with Gasteiger partial charge in [-0.05, 0) is 33.1 Å². The second kappa shape index (κ2) is 4.09. The SMILES string of the molecule is CC[C@H](N)C(=O)N1C(C)CCC1C. The fourth-order valence-electron chi connectivity index (χ4n) is 2.00. The summed E-state index contributed by atoms with van der Waals surface area (Å²) in [5.74, 6) is 0.125. The van der Waals surface area contributed by atoms with Crippen LogP contribution in [0.25, 0.3) is 0 Å². The molecule has 1 saturated heterocycles. The number of hydrogen-bond donors (Lipinski definition) is 1. The molecule has 76 valence electrons. The van der Waals surface area contributed by atoms with Gasteiger partial charge in [-0.1, -0.05) is 6.92 Å². The van der Waals surface area contributed by atoms with E-state index in [9.17, 15) is 4.79 Å². The molecule has 0 aromatic rings. The van der Waals surface area contributed by atoms with Crippen LogP contribution >= 0.6 is 0 Å². The van der Waals surface area contributed by atoms with Crippen molar-refractivity contribution in [3.63, 3.8) is 0 Å². The van der Waals surface area contributed by atoms with E-state index in [1.807, 2.05) is 11.8 Å². The van der Waals surface area contributed by atoms with Gasteiger partial charge in [0.1, 0.15) is 0 Å². The number of nitrogens with zero attached hydrogens (tertiary/aromatic N) is 1. The minimum atomic E-state index is -0.303. The van der Waals surface area contributed by atoms with E-state index in [4.69, 9.17) is 5.73 Å². The number of hydrogen-bond acceptors (Lipinski definition) is 2. The highest BCUT2D eigenvalue weighted by Gasteiger charge is 2.33. The zero-order valence-electron chi connectivity index (χ0n) is 8.79. The largest absolute Gasteiger partial charge is 0.336 e. The van der Waals surface area contributed by atoms with Gasteiger partial charge in [-0.3, -0.25) is 4.79 Å². The number of nitrogens with two attached hydrogens (primary N) is 1. The molecule has 1 amide bonds. The Hall–Kier alpha value is -0.570. The second-order valence-corrected chi connectivity index (χ2v) is 4.04. The molecule has 3 atom stereocenters. The monoisotopic (exact) mass is 184 g/mol. The molecule has 3 nitrogen and oxygen atoms in total. The number of likely N-dealkylation sites (tertiary alicyclic amines) is 1. The van der Waals surface area contributed by atoms with Crippen molar-refractivity contribution in [1.29, 1.82) is 0 Å². The Morgan fingerprint density at radius 3 is 2.31 bits per heavy atom. The van der Waals surface area contributed by atoms with Crippen LogP contribution in [0.1, 0.15) is 40.0 Å². The molecule has 1 aliphatic rings. The van der Waals surface area contributed by atoms with Crippen molar-refractivity contribution in [2.45, 2.75) is 58.2 Å². The molecule has 1 rings (SSSR count). The Morgan fingerprint density at radius 1 is 1.46 bits per heavy atom. The quantitative estimate of drug-likeness (QED) is 0.699. The highest BCUT2D eigenvalue weighted by molar-refractivity contribution is 5.82. The first kappa shape index (κ1) is 10.5. The molecule has 3 heteroatoms. The average molecular weight is 184 g/mol. The van der Waals surface area contributed by atoms with Gasteiger partial charge in [-0.15, -0.1) is 0 Å². The maximum Gasteiger partial charge on any atom is 0.239 e. The van der Waals surface area contributed by atoms with E-state index in [2.05, 4.69) is 13.8 Å². The minimum absolute atomic E-state index is 0.125. The van der Waals surface area contributed by atoms with Crippen molar-refractivity contribution in [3.8, 4) is 0 Å². The van der Waals surface area contributed by atoms with E-state index in [0.717, 1.165) is 19.3 Å². The van der Waals surface area contributed by atoms with Crippen LogP contribution < -0.4 is 5.73 Å². The normalized spacial score (nSPS) is 30.6. The van der Waals surface area contributed by atoms with Gasteiger partial charge in [0.05, 0.1) is 6.04 Å². The molecular weight excluding hydrogens is 164 g/mol. The summed E-state index contributed by atoms with van der Waals surface area (Å²) < 4.78 is 0. The molecule has 0 bridgehead atoms. The second-order valence-electron chi connectivity index (χ2n) is 4.04. The maximum atomic E-state index is 11.8. The Labute approximate surface area is 80.3 Å². The van der Waals surface area contributed by atoms with E-state index >= 15 is 0 Å². The molecule has 1 aliphatic heterocycles. The van der Waals surface area contributed by atoms with Crippen molar-refractivity contribution < 1.29 is 4.79 Å². The van der Waals surface area contributed by atoms with Crippen LogP contribution in [0.2, 0.25) is 0 Å². The van der Waals surface area contributed by atoms with Gasteiger partial charge in [0.2, 0.25) is 5.91 Å². The summed E-state index contributed by atoms with van der Waals surface area (Å²) >= 11 is 0. The van der Waals surface area contributed by atoms with Crippen LogP contribution in [-0.4, -0.2) is 28.9 Å². The first-order chi connectivity index (χ1) is 6.07. The Bertz CT molecular complexity index is 183. The van der Waals surface area contributed by atoms with E-state index in [-0.39, 0.29) is 11.9 Å². The molecular formula is C10H20N2O. The van der Waals surface area contributed by atoms with E-state index in [0.29, 0.717) is 12.1 Å². The van der Waals surface area contributed by atoms with Crippen LogP contribution in [0, 0.1) is 0 Å². The summed E-state index contributed by atoms with van der Waals surface area (Å²) in [4.78, 5) is 13.8. The molecule has 0 spiro atoms. The fraction of sp³-hybridized carbons (Fsp3) is 0.900. The van der Waals surface area contributed by atoms with Crippen molar-refractivity contribution in [3.05, 3.63) is 0 Å². The zero-order valence-corrected chi connectivity index (χ0v) is 8.79. The number of carbonyl (C=O) groups is 1. The molecule has 0 aromatic heterocycles. The summed E-state index contributed by atoms with van der Waals surface area (Å²) in [6.45, 7) is 6.15. The predicted molar refractivity (Wildman–Crippen MR) is 53.3 cm³/mol. The molecule has 1 fully saturated rings. The Balaban J connectivity index is 2.64. The molecule has 0 radical (unpaired) electrons. The molecule has 13 heavy (non-hydrogen) atoms. The van der Waals surface area contributed by atoms with Gasteiger partial charge >= 0.3 is 0 Å². The summed E-state index contributed by atoms with van der Waals surface area (Å²) in [7, 11) is 0. The lowest BCUT2D eigenvalue weighted by Crippen LogP contribution is -2.47. The van der Waals surface area contributed by atoms with Gasteiger partial charge in [0, 0.05) is 12.1 Å². The average Bonchev–Trinajstić information content (AvgIpc) is 2.44. The smallest absolute Gasteiger partial charge is 0.239 e. The molecule has 0 aromatic carbocycles. The summed E-state index contributed by atoms with van der Waals surface area (Å²) in [5.41, 5.74) is 5.73. The first-order valence-electron chi connectivity index (χ1n) is 5.15. The predicted octanol–water partition coefficient (Wildman–Crippen LogP) is 1.12. The van der Waals surface area contributed by atoms with E-state index in [1.54, 1.807) is 0 Å². The highest BCUT2D eigenvalue weighted by atomic mass is 16.2. The third kappa shape index (κ3) is 2.02. The van der Waals surface area contributed by atoms with Crippen molar-refractivity contribution >= 4 is 5.91 Å². The van der Waals surface area contributed by atoms with Crippen molar-refractivity contribution in [2.24, 2.45) is 5.73 Å². The van der Waals surface area contributed by atoms with Gasteiger partial charge in [-0.25, -0.2) is 0 Å².